The molecule has 322 valence electrons. The van der Waals surface area contributed by atoms with Gasteiger partial charge in [-0.15, -0.1) is 0 Å². The van der Waals surface area contributed by atoms with Crippen LogP contribution in [0.1, 0.15) is 61.1 Å². The third-order valence-electron chi connectivity index (χ3n) is 15.1. The van der Waals surface area contributed by atoms with Crippen molar-refractivity contribution in [3.8, 4) is 45.3 Å². The number of nitrogens with zero attached hydrogens (tertiary/aromatic N) is 2. The maximum Gasteiger partial charge on any atom is 0.260 e. The first-order valence-electron chi connectivity index (χ1n) is 23.5. The monoisotopic (exact) mass is 864 g/mol. The average molecular weight is 865 g/mol. The smallest absolute Gasteiger partial charge is 0.260 e. The van der Waals surface area contributed by atoms with E-state index >= 15 is 0 Å². The van der Waals surface area contributed by atoms with Gasteiger partial charge >= 0.3 is 0 Å². The molecule has 2 heterocycles. The van der Waals surface area contributed by atoms with E-state index in [1.165, 1.54) is 66.6 Å². The van der Waals surface area contributed by atoms with E-state index in [4.69, 9.17) is 9.47 Å². The molecule has 13 rings (SSSR count). The number of aryl methyl sites for hydroxylation is 2. The van der Waals surface area contributed by atoms with Crippen LogP contribution in [-0.4, -0.2) is 6.71 Å². The number of anilines is 6. The molecule has 0 amide bonds. The lowest BCUT2D eigenvalue weighted by Gasteiger charge is -2.35. The Balaban J connectivity index is 0.921. The van der Waals surface area contributed by atoms with E-state index in [-0.39, 0.29) is 17.5 Å². The van der Waals surface area contributed by atoms with Crippen molar-refractivity contribution in [2.24, 2.45) is 0 Å². The van der Waals surface area contributed by atoms with Gasteiger partial charge in [0, 0.05) is 50.4 Å². The SMILES string of the molecule is Cc1ccc(N(c2ccccc2)c2ccc3c(c2)C(C)(C)c2cc4c(cc2-3)Oc2cccc3c2B4c2cc4c(cc2O3)-c2ccc(N(c3ccccc3)c3ccc(C)cc3)cc2C4(C)C)cc1. The quantitative estimate of drug-likeness (QED) is 0.156. The first kappa shape index (κ1) is 39.6. The van der Waals surface area contributed by atoms with Crippen LogP contribution in [0.3, 0.4) is 0 Å². The molecule has 67 heavy (non-hydrogen) atoms. The Morgan fingerprint density at radius 3 is 1.13 bits per heavy atom. The minimum atomic E-state index is -0.273. The summed E-state index contributed by atoms with van der Waals surface area (Å²) in [6.07, 6.45) is 0. The Bertz CT molecular complexity index is 3260. The lowest BCUT2D eigenvalue weighted by Crippen LogP contribution is -2.57. The Labute approximate surface area is 393 Å². The van der Waals surface area contributed by atoms with Crippen molar-refractivity contribution in [1.82, 2.24) is 0 Å². The van der Waals surface area contributed by atoms with Gasteiger partial charge in [0.25, 0.3) is 6.71 Å². The van der Waals surface area contributed by atoms with Gasteiger partial charge in [-0.2, -0.15) is 0 Å². The average Bonchev–Trinajstić information content (AvgIpc) is 3.69. The second-order valence-corrected chi connectivity index (χ2v) is 19.9. The Kier molecular flexibility index (Phi) is 8.49. The van der Waals surface area contributed by atoms with Crippen LogP contribution >= 0.6 is 0 Å². The molecule has 0 saturated heterocycles. The number of benzene rings is 9. The van der Waals surface area contributed by atoms with Crippen molar-refractivity contribution >= 4 is 57.2 Å². The Morgan fingerprint density at radius 1 is 0.343 bits per heavy atom. The van der Waals surface area contributed by atoms with Gasteiger partial charge in [-0.3, -0.25) is 0 Å². The highest BCUT2D eigenvalue weighted by molar-refractivity contribution is 6.98. The molecule has 4 nitrogen and oxygen atoms in total. The molecule has 4 aliphatic rings. The maximum atomic E-state index is 6.94. The number of ether oxygens (including phenoxy) is 2. The third-order valence-corrected chi connectivity index (χ3v) is 15.1. The minimum Gasteiger partial charge on any atom is -0.458 e. The van der Waals surface area contributed by atoms with Crippen LogP contribution in [0.2, 0.25) is 0 Å². The fourth-order valence-electron chi connectivity index (χ4n) is 11.6. The zero-order chi connectivity index (χ0) is 45.3. The van der Waals surface area contributed by atoms with E-state index in [1.54, 1.807) is 0 Å². The maximum absolute atomic E-state index is 6.94. The van der Waals surface area contributed by atoms with E-state index in [0.717, 1.165) is 62.6 Å². The fraction of sp³-hybridized carbons (Fsp3) is 0.129. The van der Waals surface area contributed by atoms with Gasteiger partial charge in [0.2, 0.25) is 0 Å². The molecule has 9 aromatic rings. The molecule has 0 aromatic heterocycles. The highest BCUT2D eigenvalue weighted by Gasteiger charge is 2.46. The highest BCUT2D eigenvalue weighted by Crippen LogP contribution is 2.54. The number of hydrogen-bond donors (Lipinski definition) is 0. The predicted octanol–water partition coefficient (Wildman–Crippen LogP) is 14.6. The second kappa shape index (κ2) is 14.4. The number of para-hydroxylation sites is 2. The topological polar surface area (TPSA) is 24.9 Å². The molecule has 2 aliphatic carbocycles. The van der Waals surface area contributed by atoms with Crippen LogP contribution in [-0.2, 0) is 10.8 Å². The van der Waals surface area contributed by atoms with Crippen LogP contribution < -0.4 is 35.7 Å². The lowest BCUT2D eigenvalue weighted by molar-refractivity contribution is 0.464. The molecule has 0 N–H and O–H groups in total. The van der Waals surface area contributed by atoms with Crippen LogP contribution in [0.25, 0.3) is 22.3 Å². The molecule has 9 aromatic carbocycles. The molecule has 0 spiro atoms. The van der Waals surface area contributed by atoms with Crippen LogP contribution in [0.4, 0.5) is 34.1 Å². The predicted molar refractivity (Wildman–Crippen MR) is 278 cm³/mol. The third kappa shape index (κ3) is 5.93. The molecule has 2 aliphatic heterocycles. The Morgan fingerprint density at radius 2 is 0.716 bits per heavy atom. The summed E-state index contributed by atoms with van der Waals surface area (Å²) in [5, 5.41) is 0. The molecule has 0 saturated carbocycles. The van der Waals surface area contributed by atoms with Gasteiger partial charge in [0.15, 0.2) is 0 Å². The van der Waals surface area contributed by atoms with Gasteiger partial charge in [-0.05, 0) is 166 Å². The van der Waals surface area contributed by atoms with Gasteiger partial charge < -0.3 is 19.3 Å². The summed E-state index contributed by atoms with van der Waals surface area (Å²) in [5.74, 6) is 3.53. The van der Waals surface area contributed by atoms with Gasteiger partial charge in [0.05, 0.1) is 0 Å². The molecular formula is C62H49BN2O2. The summed E-state index contributed by atoms with van der Waals surface area (Å²) in [6.45, 7) is 13.7. The number of hydrogen-bond acceptors (Lipinski definition) is 4. The summed E-state index contributed by atoms with van der Waals surface area (Å²) in [6, 6.07) is 68.9. The summed E-state index contributed by atoms with van der Waals surface area (Å²) < 4.78 is 13.9. The van der Waals surface area contributed by atoms with Gasteiger partial charge in [-0.1, -0.05) is 130 Å². The van der Waals surface area contributed by atoms with Crippen molar-refractivity contribution < 1.29 is 9.47 Å². The zero-order valence-electron chi connectivity index (χ0n) is 38.7. The van der Waals surface area contributed by atoms with Gasteiger partial charge in [-0.25, -0.2) is 0 Å². The summed E-state index contributed by atoms with van der Waals surface area (Å²) in [4.78, 5) is 4.73. The van der Waals surface area contributed by atoms with Gasteiger partial charge in [0.1, 0.15) is 23.0 Å². The summed E-state index contributed by atoms with van der Waals surface area (Å²) in [5.41, 5.74) is 22.4. The van der Waals surface area contributed by atoms with Crippen molar-refractivity contribution in [3.63, 3.8) is 0 Å². The summed E-state index contributed by atoms with van der Waals surface area (Å²) >= 11 is 0. The van der Waals surface area contributed by atoms with Crippen LogP contribution in [0, 0.1) is 13.8 Å². The molecule has 5 heteroatoms. The molecule has 0 fully saturated rings. The standard InChI is InChI=1S/C62H49BN2O2/c1-38-20-24-42(25-21-38)64(40-14-9-7-10-15-40)44-28-30-46-48-34-58-54(36-52(48)61(3,4)50(46)32-44)63-55-37-53-49(35-59(55)67-57-19-13-18-56(66-58)60(57)63)47-31-29-45(33-51(47)62(53,5)6)65(41-16-11-8-12-17-41)43-26-22-39(2)23-27-43/h7-37H,1-6H3. The molecule has 0 radical (unpaired) electrons. The van der Waals surface area contributed by atoms with Crippen molar-refractivity contribution in [1.29, 1.82) is 0 Å². The minimum absolute atomic E-state index is 0.0651. The van der Waals surface area contributed by atoms with Crippen LogP contribution in [0.5, 0.6) is 23.0 Å². The number of rotatable bonds is 6. The van der Waals surface area contributed by atoms with Crippen molar-refractivity contribution in [2.45, 2.75) is 52.4 Å². The lowest BCUT2D eigenvalue weighted by atomic mass is 9.34. The first-order valence-corrected chi connectivity index (χ1v) is 23.5. The molecule has 0 atom stereocenters. The van der Waals surface area contributed by atoms with E-state index in [9.17, 15) is 0 Å². The summed E-state index contributed by atoms with van der Waals surface area (Å²) in [7, 11) is 0. The fourth-order valence-corrected chi connectivity index (χ4v) is 11.6. The van der Waals surface area contributed by atoms with E-state index in [0.29, 0.717) is 0 Å². The van der Waals surface area contributed by atoms with Crippen molar-refractivity contribution in [3.05, 3.63) is 221 Å². The molecular weight excluding hydrogens is 816 g/mol. The van der Waals surface area contributed by atoms with E-state index < -0.39 is 0 Å². The Hall–Kier alpha value is -7.76. The zero-order valence-corrected chi connectivity index (χ0v) is 38.7. The first-order chi connectivity index (χ1) is 32.5. The van der Waals surface area contributed by atoms with Crippen molar-refractivity contribution in [2.75, 3.05) is 9.80 Å². The number of fused-ring (bicyclic) bond motifs is 10. The molecule has 0 bridgehead atoms. The highest BCUT2D eigenvalue weighted by atomic mass is 16.5. The normalized spacial score (nSPS) is 14.6. The van der Waals surface area contributed by atoms with Crippen LogP contribution in [0.15, 0.2) is 188 Å². The molecule has 0 unspecified atom stereocenters. The van der Waals surface area contributed by atoms with E-state index in [2.05, 4.69) is 239 Å². The largest absolute Gasteiger partial charge is 0.458 e. The second-order valence-electron chi connectivity index (χ2n) is 19.9. The van der Waals surface area contributed by atoms with E-state index in [1.807, 2.05) is 0 Å².